The lowest BCUT2D eigenvalue weighted by atomic mass is 10.2. The molecule has 0 aromatic heterocycles. The Balaban J connectivity index is 2.58. The van der Waals surface area contributed by atoms with Gasteiger partial charge in [-0.15, -0.1) is 0 Å². The van der Waals surface area contributed by atoms with Crippen molar-refractivity contribution < 1.29 is 18.6 Å². The standard InChI is InChI=1S/C12H18N2O4S2/c13-12(14)9-1-3-11(4-2-9)20(17,18)6-5-19-8-10(16)7-15/h1-4,10,15-16H,5-8H2,(H3,13,14). The Morgan fingerprint density at radius 2 is 1.95 bits per heavy atom. The van der Waals surface area contributed by atoms with Crippen LogP contribution in [0.25, 0.3) is 0 Å². The minimum Gasteiger partial charge on any atom is -0.394 e. The Kier molecular flexibility index (Phi) is 6.47. The van der Waals surface area contributed by atoms with E-state index in [1.165, 1.54) is 36.0 Å². The Hall–Kier alpha value is -1.09. The molecule has 0 aliphatic carbocycles. The molecule has 0 radical (unpaired) electrons. The SMILES string of the molecule is N=C(N)c1ccc(S(=O)(=O)CCSCC(O)CO)cc1. The third-order valence-electron chi connectivity index (χ3n) is 2.54. The van der Waals surface area contributed by atoms with Crippen molar-refractivity contribution in [2.24, 2.45) is 5.73 Å². The normalized spacial score (nSPS) is 13.1. The number of nitrogen functional groups attached to an aromatic ring is 1. The third kappa shape index (κ3) is 5.12. The fourth-order valence-corrected chi connectivity index (χ4v) is 4.08. The fraction of sp³-hybridized carbons (Fsp3) is 0.417. The molecule has 1 atom stereocenters. The number of hydrogen-bond acceptors (Lipinski definition) is 6. The average Bonchev–Trinajstić information content (AvgIpc) is 2.43. The Morgan fingerprint density at radius 3 is 2.45 bits per heavy atom. The van der Waals surface area contributed by atoms with E-state index >= 15 is 0 Å². The van der Waals surface area contributed by atoms with Crippen LogP contribution in [0.1, 0.15) is 5.56 Å². The molecule has 8 heteroatoms. The summed E-state index contributed by atoms with van der Waals surface area (Å²) in [7, 11) is -3.38. The largest absolute Gasteiger partial charge is 0.394 e. The molecule has 5 N–H and O–H groups in total. The third-order valence-corrected chi connectivity index (χ3v) is 5.65. The predicted octanol–water partition coefficient (Wildman–Crippen LogP) is -0.169. The maximum atomic E-state index is 12.0. The van der Waals surface area contributed by atoms with Crippen LogP contribution in [0.4, 0.5) is 0 Å². The molecule has 0 fully saturated rings. The van der Waals surface area contributed by atoms with Gasteiger partial charge in [0.05, 0.1) is 23.4 Å². The number of rotatable bonds is 8. The van der Waals surface area contributed by atoms with Crippen LogP contribution in [-0.4, -0.2) is 54.4 Å². The molecule has 0 amide bonds. The van der Waals surface area contributed by atoms with E-state index in [4.69, 9.17) is 21.4 Å². The molecular weight excluding hydrogens is 300 g/mol. The zero-order valence-electron chi connectivity index (χ0n) is 10.8. The monoisotopic (exact) mass is 318 g/mol. The number of hydrogen-bond donors (Lipinski definition) is 4. The van der Waals surface area contributed by atoms with Crippen molar-refractivity contribution in [2.45, 2.75) is 11.0 Å². The molecular formula is C12H18N2O4S2. The summed E-state index contributed by atoms with van der Waals surface area (Å²) in [6.07, 6.45) is -0.822. The summed E-state index contributed by atoms with van der Waals surface area (Å²) >= 11 is 1.27. The minimum atomic E-state index is -3.38. The van der Waals surface area contributed by atoms with Gasteiger partial charge in [0.2, 0.25) is 0 Å². The lowest BCUT2D eigenvalue weighted by Gasteiger charge is -2.07. The fourth-order valence-electron chi connectivity index (χ4n) is 1.40. The van der Waals surface area contributed by atoms with Gasteiger partial charge in [0.1, 0.15) is 5.84 Å². The van der Waals surface area contributed by atoms with Crippen LogP contribution in [0.3, 0.4) is 0 Å². The highest BCUT2D eigenvalue weighted by Gasteiger charge is 2.14. The highest BCUT2D eigenvalue weighted by atomic mass is 32.2. The van der Waals surface area contributed by atoms with Crippen LogP contribution in [0.15, 0.2) is 29.2 Å². The second-order valence-electron chi connectivity index (χ2n) is 4.17. The summed E-state index contributed by atoms with van der Waals surface area (Å²) in [5, 5.41) is 25.0. The number of sulfone groups is 1. The van der Waals surface area contributed by atoms with Crippen LogP contribution in [0, 0.1) is 5.41 Å². The van der Waals surface area contributed by atoms with Gasteiger partial charge in [0.15, 0.2) is 9.84 Å². The molecule has 0 aliphatic rings. The summed E-state index contributed by atoms with van der Waals surface area (Å²) in [5.41, 5.74) is 5.78. The summed E-state index contributed by atoms with van der Waals surface area (Å²) in [6.45, 7) is -0.327. The molecule has 0 saturated carbocycles. The smallest absolute Gasteiger partial charge is 0.179 e. The molecule has 0 bridgehead atoms. The van der Waals surface area contributed by atoms with E-state index in [0.717, 1.165) is 0 Å². The van der Waals surface area contributed by atoms with Gasteiger partial charge in [-0.3, -0.25) is 5.41 Å². The van der Waals surface area contributed by atoms with E-state index < -0.39 is 15.9 Å². The molecule has 1 unspecified atom stereocenters. The Bertz CT molecular complexity index is 543. The first-order valence-corrected chi connectivity index (χ1v) is 8.71. The Morgan fingerprint density at radius 1 is 1.35 bits per heavy atom. The van der Waals surface area contributed by atoms with E-state index in [9.17, 15) is 8.42 Å². The predicted molar refractivity (Wildman–Crippen MR) is 79.9 cm³/mol. The maximum Gasteiger partial charge on any atom is 0.179 e. The molecule has 112 valence electrons. The van der Waals surface area contributed by atoms with Crippen molar-refractivity contribution in [3.05, 3.63) is 29.8 Å². The van der Waals surface area contributed by atoms with Crippen LogP contribution >= 0.6 is 11.8 Å². The van der Waals surface area contributed by atoms with Crippen molar-refractivity contribution >= 4 is 27.4 Å². The molecule has 1 aromatic rings. The van der Waals surface area contributed by atoms with Gasteiger partial charge in [0, 0.05) is 17.1 Å². The van der Waals surface area contributed by atoms with Crippen LogP contribution < -0.4 is 5.73 Å². The van der Waals surface area contributed by atoms with Crippen molar-refractivity contribution in [1.29, 1.82) is 5.41 Å². The number of benzene rings is 1. The topological polar surface area (TPSA) is 124 Å². The van der Waals surface area contributed by atoms with Gasteiger partial charge in [-0.25, -0.2) is 8.42 Å². The van der Waals surface area contributed by atoms with Crippen molar-refractivity contribution in [3.63, 3.8) is 0 Å². The number of nitrogens with two attached hydrogens (primary N) is 1. The summed E-state index contributed by atoms with van der Waals surface area (Å²) in [5.74, 6) is 0.487. The lowest BCUT2D eigenvalue weighted by Crippen LogP contribution is -2.16. The molecule has 0 saturated heterocycles. The highest BCUT2D eigenvalue weighted by molar-refractivity contribution is 8.00. The number of amidine groups is 1. The molecule has 0 aliphatic heterocycles. The number of aliphatic hydroxyl groups is 2. The van der Waals surface area contributed by atoms with E-state index in [1.54, 1.807) is 0 Å². The first-order valence-electron chi connectivity index (χ1n) is 5.90. The van der Waals surface area contributed by atoms with Gasteiger partial charge >= 0.3 is 0 Å². The summed E-state index contributed by atoms with van der Waals surface area (Å²) < 4.78 is 24.0. The Labute approximate surface area is 122 Å². The number of aliphatic hydroxyl groups excluding tert-OH is 2. The second kappa shape index (κ2) is 7.63. The molecule has 0 spiro atoms. The minimum absolute atomic E-state index is 0.0464. The first kappa shape index (κ1) is 17.0. The van der Waals surface area contributed by atoms with Gasteiger partial charge in [-0.05, 0) is 12.1 Å². The zero-order valence-corrected chi connectivity index (χ0v) is 12.5. The van der Waals surface area contributed by atoms with Crippen molar-refractivity contribution in [2.75, 3.05) is 23.9 Å². The van der Waals surface area contributed by atoms with E-state index in [0.29, 0.717) is 17.1 Å². The molecule has 0 heterocycles. The summed E-state index contributed by atoms with van der Waals surface area (Å²) in [6, 6.07) is 5.86. The van der Waals surface area contributed by atoms with Gasteiger partial charge in [0.25, 0.3) is 0 Å². The highest BCUT2D eigenvalue weighted by Crippen LogP contribution is 2.14. The van der Waals surface area contributed by atoms with Gasteiger partial charge < -0.3 is 15.9 Å². The van der Waals surface area contributed by atoms with E-state index in [2.05, 4.69) is 0 Å². The number of nitrogens with one attached hydrogen (secondary N) is 1. The zero-order chi connectivity index (χ0) is 15.2. The second-order valence-corrected chi connectivity index (χ2v) is 7.43. The van der Waals surface area contributed by atoms with E-state index in [-0.39, 0.29) is 23.1 Å². The number of thioether (sulfide) groups is 1. The summed E-state index contributed by atoms with van der Waals surface area (Å²) in [4.78, 5) is 0.186. The maximum absolute atomic E-state index is 12.0. The van der Waals surface area contributed by atoms with Crippen molar-refractivity contribution in [1.82, 2.24) is 0 Å². The van der Waals surface area contributed by atoms with Gasteiger partial charge in [-0.1, -0.05) is 12.1 Å². The molecule has 20 heavy (non-hydrogen) atoms. The van der Waals surface area contributed by atoms with Crippen molar-refractivity contribution in [3.8, 4) is 0 Å². The van der Waals surface area contributed by atoms with Crippen LogP contribution in [-0.2, 0) is 9.84 Å². The molecule has 6 nitrogen and oxygen atoms in total. The first-order chi connectivity index (χ1) is 9.36. The van der Waals surface area contributed by atoms with Crippen LogP contribution in [0.2, 0.25) is 0 Å². The van der Waals surface area contributed by atoms with E-state index in [1.807, 2.05) is 0 Å². The average molecular weight is 318 g/mol. The van der Waals surface area contributed by atoms with Gasteiger partial charge in [-0.2, -0.15) is 11.8 Å². The quantitative estimate of drug-likeness (QED) is 0.300. The van der Waals surface area contributed by atoms with Crippen LogP contribution in [0.5, 0.6) is 0 Å². The molecule has 1 rings (SSSR count). The lowest BCUT2D eigenvalue weighted by molar-refractivity contribution is 0.113. The molecule has 1 aromatic carbocycles.